The van der Waals surface area contributed by atoms with E-state index in [9.17, 15) is 0 Å². The maximum atomic E-state index is 5.67. The summed E-state index contributed by atoms with van der Waals surface area (Å²) in [6, 6.07) is 6.43. The highest BCUT2D eigenvalue weighted by molar-refractivity contribution is 5.80. The maximum absolute atomic E-state index is 5.67. The maximum Gasteiger partial charge on any atom is 0.191 e. The van der Waals surface area contributed by atoms with Crippen LogP contribution in [0.1, 0.15) is 39.2 Å². The smallest absolute Gasteiger partial charge is 0.191 e. The van der Waals surface area contributed by atoms with E-state index in [1.165, 1.54) is 5.57 Å². The molecule has 0 unspecified atom stereocenters. The van der Waals surface area contributed by atoms with Crippen LogP contribution in [0.2, 0.25) is 0 Å². The fourth-order valence-electron chi connectivity index (χ4n) is 3.39. The van der Waals surface area contributed by atoms with Gasteiger partial charge >= 0.3 is 0 Å². The fourth-order valence-corrected chi connectivity index (χ4v) is 3.39. The van der Waals surface area contributed by atoms with Crippen molar-refractivity contribution in [3.8, 4) is 11.5 Å². The van der Waals surface area contributed by atoms with Gasteiger partial charge in [0.05, 0.1) is 20.3 Å². The lowest BCUT2D eigenvalue weighted by Gasteiger charge is -2.33. The highest BCUT2D eigenvalue weighted by Crippen LogP contribution is 2.28. The third-order valence-electron chi connectivity index (χ3n) is 4.71. The molecule has 0 radical (unpaired) electrons. The number of nitrogens with zero attached hydrogens (tertiary/aromatic N) is 2. The molecule has 1 fully saturated rings. The van der Waals surface area contributed by atoms with Crippen molar-refractivity contribution in [2.45, 2.75) is 46.2 Å². The van der Waals surface area contributed by atoms with Crippen molar-refractivity contribution >= 4 is 5.96 Å². The number of piperidine rings is 1. The van der Waals surface area contributed by atoms with Gasteiger partial charge in [-0.2, -0.15) is 0 Å². The zero-order valence-electron chi connectivity index (χ0n) is 17.9. The number of methoxy groups -OCH3 is 1. The molecule has 2 rings (SSSR count). The first-order valence-electron chi connectivity index (χ1n) is 10.3. The number of rotatable bonds is 9. The molecule has 0 aromatic heterocycles. The van der Waals surface area contributed by atoms with Crippen molar-refractivity contribution in [3.63, 3.8) is 0 Å². The zero-order chi connectivity index (χ0) is 20.4. The van der Waals surface area contributed by atoms with Crippen molar-refractivity contribution in [1.82, 2.24) is 15.5 Å². The number of likely N-dealkylation sites (tertiary alicyclic amines) is 1. The van der Waals surface area contributed by atoms with Gasteiger partial charge in [-0.15, -0.1) is 0 Å². The van der Waals surface area contributed by atoms with Crippen molar-refractivity contribution < 1.29 is 9.47 Å². The van der Waals surface area contributed by atoms with Crippen LogP contribution < -0.4 is 20.1 Å². The Morgan fingerprint density at radius 2 is 2.00 bits per heavy atom. The van der Waals surface area contributed by atoms with E-state index >= 15 is 0 Å². The van der Waals surface area contributed by atoms with E-state index in [1.54, 1.807) is 7.11 Å². The van der Waals surface area contributed by atoms with Gasteiger partial charge in [0.25, 0.3) is 0 Å². The predicted octanol–water partition coefficient (Wildman–Crippen LogP) is 3.19. The molecule has 1 aliphatic heterocycles. The minimum absolute atomic E-state index is 0.453. The van der Waals surface area contributed by atoms with Crippen LogP contribution in [-0.2, 0) is 6.54 Å². The molecule has 1 saturated heterocycles. The molecule has 0 spiro atoms. The highest BCUT2D eigenvalue weighted by Gasteiger charge is 2.19. The first-order chi connectivity index (χ1) is 13.5. The number of ether oxygens (including phenoxy) is 2. The standard InChI is InChI=1S/C22H36N4O2/c1-6-23-22(25-19-10-12-26(13-11-19)16-17(3)4)24-15-18-8-9-20(27-5)21(14-18)28-7-2/h8-9,14,19H,3,6-7,10-13,15-16H2,1-2,4-5H3,(H2,23,24,25). The third-order valence-corrected chi connectivity index (χ3v) is 4.71. The Morgan fingerprint density at radius 1 is 1.25 bits per heavy atom. The van der Waals surface area contributed by atoms with E-state index < -0.39 is 0 Å². The van der Waals surface area contributed by atoms with Crippen LogP contribution in [0.5, 0.6) is 11.5 Å². The Hall–Kier alpha value is -2.21. The Labute approximate surface area is 170 Å². The van der Waals surface area contributed by atoms with Gasteiger partial charge < -0.3 is 20.1 Å². The van der Waals surface area contributed by atoms with Crippen LogP contribution in [-0.4, -0.2) is 56.8 Å². The van der Waals surface area contributed by atoms with Crippen LogP contribution in [0.25, 0.3) is 0 Å². The van der Waals surface area contributed by atoms with E-state index in [-0.39, 0.29) is 0 Å². The molecule has 28 heavy (non-hydrogen) atoms. The molecule has 0 saturated carbocycles. The van der Waals surface area contributed by atoms with Crippen LogP contribution in [0.15, 0.2) is 35.3 Å². The highest BCUT2D eigenvalue weighted by atomic mass is 16.5. The van der Waals surface area contributed by atoms with Crippen molar-refractivity contribution in [2.75, 3.05) is 39.9 Å². The number of hydrogen-bond acceptors (Lipinski definition) is 4. The first kappa shape index (κ1) is 22.1. The number of hydrogen-bond donors (Lipinski definition) is 2. The van der Waals surface area contributed by atoms with Crippen LogP contribution in [0, 0.1) is 0 Å². The molecule has 6 nitrogen and oxygen atoms in total. The molecule has 0 atom stereocenters. The molecule has 2 N–H and O–H groups in total. The quantitative estimate of drug-likeness (QED) is 0.387. The lowest BCUT2D eigenvalue weighted by molar-refractivity contribution is 0.221. The normalized spacial score (nSPS) is 15.9. The summed E-state index contributed by atoms with van der Waals surface area (Å²) in [5, 5.41) is 6.96. The number of guanidine groups is 1. The lowest BCUT2D eigenvalue weighted by atomic mass is 10.0. The number of aliphatic imine (C=N–C) groups is 1. The Morgan fingerprint density at radius 3 is 2.61 bits per heavy atom. The summed E-state index contributed by atoms with van der Waals surface area (Å²) in [5.41, 5.74) is 2.32. The van der Waals surface area contributed by atoms with Gasteiger partial charge in [-0.05, 0) is 51.3 Å². The fraction of sp³-hybridized carbons (Fsp3) is 0.591. The summed E-state index contributed by atoms with van der Waals surface area (Å²) in [4.78, 5) is 7.24. The SMILES string of the molecule is C=C(C)CN1CCC(NC(=NCc2ccc(OC)c(OCC)c2)NCC)CC1. The second-order valence-corrected chi connectivity index (χ2v) is 7.27. The summed E-state index contributed by atoms with van der Waals surface area (Å²) in [6.45, 7) is 15.4. The van der Waals surface area contributed by atoms with E-state index in [2.05, 4.69) is 36.0 Å². The molecule has 1 aromatic carbocycles. The number of benzene rings is 1. The molecule has 156 valence electrons. The molecule has 6 heteroatoms. The molecule has 1 heterocycles. The average molecular weight is 389 g/mol. The minimum atomic E-state index is 0.453. The number of nitrogens with one attached hydrogen (secondary N) is 2. The van der Waals surface area contributed by atoms with Gasteiger partial charge in [0.15, 0.2) is 17.5 Å². The second kappa shape index (κ2) is 11.6. The molecule has 1 aromatic rings. The van der Waals surface area contributed by atoms with Gasteiger partial charge in [0.2, 0.25) is 0 Å². The van der Waals surface area contributed by atoms with Gasteiger partial charge in [0.1, 0.15) is 0 Å². The van der Waals surface area contributed by atoms with Gasteiger partial charge in [-0.3, -0.25) is 4.90 Å². The van der Waals surface area contributed by atoms with Gasteiger partial charge in [0, 0.05) is 32.2 Å². The summed E-state index contributed by atoms with van der Waals surface area (Å²) in [6.07, 6.45) is 2.24. The lowest BCUT2D eigenvalue weighted by Crippen LogP contribution is -2.48. The van der Waals surface area contributed by atoms with Gasteiger partial charge in [-0.1, -0.05) is 18.2 Å². The predicted molar refractivity (Wildman–Crippen MR) is 116 cm³/mol. The molecule has 0 bridgehead atoms. The van der Waals surface area contributed by atoms with Crippen LogP contribution in [0.3, 0.4) is 0 Å². The molecule has 0 aliphatic carbocycles. The summed E-state index contributed by atoms with van der Waals surface area (Å²) in [5.74, 6) is 2.39. The van der Waals surface area contributed by atoms with E-state index in [1.807, 2.05) is 25.1 Å². The molecule has 0 amide bonds. The topological polar surface area (TPSA) is 58.1 Å². The Balaban J connectivity index is 1.95. The summed E-state index contributed by atoms with van der Waals surface area (Å²) < 4.78 is 11.0. The van der Waals surface area contributed by atoms with Crippen molar-refractivity contribution in [1.29, 1.82) is 0 Å². The second-order valence-electron chi connectivity index (χ2n) is 7.27. The summed E-state index contributed by atoms with van der Waals surface area (Å²) >= 11 is 0. The first-order valence-corrected chi connectivity index (χ1v) is 10.3. The minimum Gasteiger partial charge on any atom is -0.493 e. The zero-order valence-corrected chi connectivity index (χ0v) is 17.9. The summed E-state index contributed by atoms with van der Waals surface area (Å²) in [7, 11) is 1.66. The van der Waals surface area contributed by atoms with Gasteiger partial charge in [-0.25, -0.2) is 4.99 Å². The molecule has 1 aliphatic rings. The monoisotopic (exact) mass is 388 g/mol. The van der Waals surface area contributed by atoms with Crippen molar-refractivity contribution in [3.05, 3.63) is 35.9 Å². The molecular formula is C22H36N4O2. The van der Waals surface area contributed by atoms with E-state index in [4.69, 9.17) is 14.5 Å². The Bertz CT molecular complexity index is 652. The largest absolute Gasteiger partial charge is 0.493 e. The van der Waals surface area contributed by atoms with E-state index in [0.717, 1.165) is 62.0 Å². The van der Waals surface area contributed by atoms with Crippen molar-refractivity contribution in [2.24, 2.45) is 4.99 Å². The van der Waals surface area contributed by atoms with Crippen LogP contribution >= 0.6 is 0 Å². The third kappa shape index (κ3) is 7.08. The van der Waals surface area contributed by atoms with E-state index in [0.29, 0.717) is 19.2 Å². The van der Waals surface area contributed by atoms with Crippen LogP contribution in [0.4, 0.5) is 0 Å². The molecular weight excluding hydrogens is 352 g/mol. The Kier molecular flexibility index (Phi) is 9.14. The average Bonchev–Trinajstić information content (AvgIpc) is 2.68.